The predicted octanol–water partition coefficient (Wildman–Crippen LogP) is 5.30. The number of aryl methyl sites for hydroxylation is 1. The first-order valence-corrected chi connectivity index (χ1v) is 11.3. The molecule has 0 spiro atoms. The number of allylic oxidation sites excluding steroid dienone is 1. The van der Waals surface area contributed by atoms with Crippen molar-refractivity contribution in [3.63, 3.8) is 0 Å². The largest absolute Gasteiger partial charge is 0.314 e. The van der Waals surface area contributed by atoms with E-state index in [0.29, 0.717) is 6.54 Å². The van der Waals surface area contributed by atoms with Gasteiger partial charge in [-0.05, 0) is 36.3 Å². The lowest BCUT2D eigenvalue weighted by Crippen LogP contribution is -2.19. The van der Waals surface area contributed by atoms with E-state index in [4.69, 9.17) is 4.98 Å². The zero-order chi connectivity index (χ0) is 22.2. The molecule has 1 N–H and O–H groups in total. The molecule has 1 amide bonds. The van der Waals surface area contributed by atoms with Crippen molar-refractivity contribution in [1.29, 1.82) is 0 Å². The van der Waals surface area contributed by atoms with Gasteiger partial charge in [0, 0.05) is 6.21 Å². The normalized spacial score (nSPS) is 11.5. The number of amides is 1. The second kappa shape index (κ2) is 10.6. The van der Waals surface area contributed by atoms with Crippen LogP contribution >= 0.6 is 11.8 Å². The van der Waals surface area contributed by atoms with Crippen molar-refractivity contribution in [2.75, 3.05) is 5.75 Å². The summed E-state index contributed by atoms with van der Waals surface area (Å²) in [5, 5.41) is 4.80. The van der Waals surface area contributed by atoms with Crippen LogP contribution in [0.3, 0.4) is 0 Å². The highest BCUT2D eigenvalue weighted by molar-refractivity contribution is 7.99. The Morgan fingerprint density at radius 1 is 1.03 bits per heavy atom. The van der Waals surface area contributed by atoms with Crippen molar-refractivity contribution < 1.29 is 4.79 Å². The van der Waals surface area contributed by atoms with Gasteiger partial charge in [0.1, 0.15) is 0 Å². The minimum Gasteiger partial charge on any atom is -0.314 e. The lowest BCUT2D eigenvalue weighted by atomic mass is 10.1. The van der Waals surface area contributed by atoms with E-state index < -0.39 is 0 Å². The van der Waals surface area contributed by atoms with Gasteiger partial charge >= 0.3 is 0 Å². The number of para-hydroxylation sites is 2. The van der Waals surface area contributed by atoms with Crippen LogP contribution in [-0.4, -0.2) is 27.4 Å². The fourth-order valence-electron chi connectivity index (χ4n) is 3.23. The molecule has 0 unspecified atom stereocenters. The van der Waals surface area contributed by atoms with Gasteiger partial charge in [-0.25, -0.2) is 10.4 Å². The topological polar surface area (TPSA) is 59.3 Å². The number of thioether (sulfide) groups is 1. The molecule has 0 atom stereocenters. The van der Waals surface area contributed by atoms with Gasteiger partial charge in [0.2, 0.25) is 0 Å². The monoisotopic (exact) mass is 440 g/mol. The number of rotatable bonds is 8. The number of carbonyl (C=O) groups excluding carboxylic acids is 1. The maximum Gasteiger partial charge on any atom is 0.250 e. The second-order valence-corrected chi connectivity index (χ2v) is 8.27. The summed E-state index contributed by atoms with van der Waals surface area (Å²) in [7, 11) is 0. The minimum atomic E-state index is -0.173. The molecule has 4 rings (SSSR count). The molecule has 0 saturated heterocycles. The third-order valence-electron chi connectivity index (χ3n) is 4.85. The van der Waals surface area contributed by atoms with Crippen LogP contribution in [0.2, 0.25) is 0 Å². The maximum absolute atomic E-state index is 12.3. The van der Waals surface area contributed by atoms with Crippen molar-refractivity contribution in [3.05, 3.63) is 102 Å². The van der Waals surface area contributed by atoms with Crippen LogP contribution in [0.5, 0.6) is 0 Å². The zero-order valence-electron chi connectivity index (χ0n) is 17.8. The van der Waals surface area contributed by atoms with Gasteiger partial charge in [-0.2, -0.15) is 5.10 Å². The number of hydrogen-bond acceptors (Lipinski definition) is 4. The maximum atomic E-state index is 12.3. The summed E-state index contributed by atoms with van der Waals surface area (Å²) >= 11 is 1.41. The lowest BCUT2D eigenvalue weighted by molar-refractivity contribution is -0.118. The summed E-state index contributed by atoms with van der Waals surface area (Å²) in [5.74, 6) is 0.0602. The van der Waals surface area contributed by atoms with Crippen LogP contribution in [0, 0.1) is 6.92 Å². The molecule has 32 heavy (non-hydrogen) atoms. The molecule has 160 valence electrons. The van der Waals surface area contributed by atoms with Gasteiger partial charge in [-0.15, -0.1) is 0 Å². The molecule has 6 heteroatoms. The first-order chi connectivity index (χ1) is 15.7. The molecule has 0 aliphatic rings. The Labute approximate surface area is 191 Å². The molecule has 0 bridgehead atoms. The summed E-state index contributed by atoms with van der Waals surface area (Å²) in [6.45, 7) is 2.78. The first kappa shape index (κ1) is 21.6. The van der Waals surface area contributed by atoms with E-state index in [-0.39, 0.29) is 11.7 Å². The van der Waals surface area contributed by atoms with Gasteiger partial charge < -0.3 is 4.57 Å². The number of fused-ring (bicyclic) bond motifs is 1. The highest BCUT2D eigenvalue weighted by Gasteiger charge is 2.13. The SMILES string of the molecule is Cc1ccc(Cn2c(SCC(=O)NN=CC=Cc3ccccc3)nc3ccccc32)cc1. The van der Waals surface area contributed by atoms with Crippen LogP contribution in [-0.2, 0) is 11.3 Å². The first-order valence-electron chi connectivity index (χ1n) is 10.4. The van der Waals surface area contributed by atoms with E-state index in [2.05, 4.69) is 52.3 Å². The van der Waals surface area contributed by atoms with Crippen LogP contribution in [0.1, 0.15) is 16.7 Å². The van der Waals surface area contributed by atoms with Crippen LogP contribution in [0.25, 0.3) is 17.1 Å². The molecule has 0 fully saturated rings. The Bertz CT molecular complexity index is 1240. The Morgan fingerprint density at radius 3 is 2.59 bits per heavy atom. The van der Waals surface area contributed by atoms with Crippen molar-refractivity contribution >= 4 is 41.0 Å². The molecule has 3 aromatic carbocycles. The molecule has 0 aliphatic carbocycles. The molecule has 5 nitrogen and oxygen atoms in total. The smallest absolute Gasteiger partial charge is 0.250 e. The molecule has 0 radical (unpaired) electrons. The van der Waals surface area contributed by atoms with E-state index in [0.717, 1.165) is 21.8 Å². The third kappa shape index (κ3) is 5.74. The average molecular weight is 441 g/mol. The minimum absolute atomic E-state index is 0.173. The predicted molar refractivity (Wildman–Crippen MR) is 133 cm³/mol. The van der Waals surface area contributed by atoms with Crippen molar-refractivity contribution in [2.45, 2.75) is 18.6 Å². The fourth-order valence-corrected chi connectivity index (χ4v) is 4.03. The number of benzene rings is 3. The third-order valence-corrected chi connectivity index (χ3v) is 5.83. The van der Waals surface area contributed by atoms with E-state index in [1.807, 2.05) is 54.6 Å². The van der Waals surface area contributed by atoms with Crippen molar-refractivity contribution in [3.8, 4) is 0 Å². The summed E-state index contributed by atoms with van der Waals surface area (Å²) in [5.41, 5.74) is 8.05. The Kier molecular flexibility index (Phi) is 7.15. The fraction of sp³-hybridized carbons (Fsp3) is 0.115. The Balaban J connectivity index is 1.39. The number of aromatic nitrogens is 2. The number of hydrogen-bond donors (Lipinski definition) is 1. The number of nitrogens with one attached hydrogen (secondary N) is 1. The zero-order valence-corrected chi connectivity index (χ0v) is 18.6. The van der Waals surface area contributed by atoms with E-state index >= 15 is 0 Å². The quantitative estimate of drug-likeness (QED) is 0.230. The van der Waals surface area contributed by atoms with Gasteiger partial charge in [0.15, 0.2) is 5.16 Å². The number of carbonyl (C=O) groups is 1. The van der Waals surface area contributed by atoms with E-state index in [1.54, 1.807) is 12.3 Å². The second-order valence-electron chi connectivity index (χ2n) is 7.33. The Hall–Kier alpha value is -3.64. The van der Waals surface area contributed by atoms with E-state index in [9.17, 15) is 4.79 Å². The molecular formula is C26H24N4OS. The molecule has 0 aliphatic heterocycles. The highest BCUT2D eigenvalue weighted by atomic mass is 32.2. The number of hydrazone groups is 1. The molecule has 4 aromatic rings. The van der Waals surface area contributed by atoms with Crippen LogP contribution < -0.4 is 5.43 Å². The lowest BCUT2D eigenvalue weighted by Gasteiger charge is -2.09. The van der Waals surface area contributed by atoms with Gasteiger partial charge in [0.25, 0.3) is 5.91 Å². The summed E-state index contributed by atoms with van der Waals surface area (Å²) in [6.07, 6.45) is 5.30. The summed E-state index contributed by atoms with van der Waals surface area (Å²) in [6, 6.07) is 26.4. The molecule has 1 heterocycles. The van der Waals surface area contributed by atoms with Gasteiger partial charge in [0.05, 0.1) is 23.3 Å². The van der Waals surface area contributed by atoms with Crippen molar-refractivity contribution in [1.82, 2.24) is 15.0 Å². The van der Waals surface area contributed by atoms with Crippen LogP contribution in [0.15, 0.2) is 95.2 Å². The van der Waals surface area contributed by atoms with Crippen molar-refractivity contribution in [2.24, 2.45) is 5.10 Å². The molecule has 0 saturated carbocycles. The Morgan fingerprint density at radius 2 is 1.78 bits per heavy atom. The molecular weight excluding hydrogens is 416 g/mol. The highest BCUT2D eigenvalue weighted by Crippen LogP contribution is 2.25. The summed E-state index contributed by atoms with van der Waals surface area (Å²) < 4.78 is 2.16. The average Bonchev–Trinajstić information content (AvgIpc) is 3.17. The number of nitrogens with zero attached hydrogens (tertiary/aromatic N) is 3. The standard InChI is InChI=1S/C26H24N4OS/c1-20-13-15-22(16-14-20)18-30-24-12-6-5-11-23(24)28-26(30)32-19-25(31)29-27-17-7-10-21-8-3-2-4-9-21/h2-17H,18-19H2,1H3,(H,29,31). The van der Waals surface area contributed by atoms with E-state index in [1.165, 1.54) is 22.9 Å². The number of imidazole rings is 1. The summed E-state index contributed by atoms with van der Waals surface area (Å²) in [4.78, 5) is 17.0. The van der Waals surface area contributed by atoms with Crippen LogP contribution in [0.4, 0.5) is 0 Å². The molecule has 1 aromatic heterocycles. The van der Waals surface area contributed by atoms with Gasteiger partial charge in [-0.3, -0.25) is 4.79 Å². The van der Waals surface area contributed by atoms with Gasteiger partial charge in [-0.1, -0.05) is 90.1 Å².